The Labute approximate surface area is 144 Å². The van der Waals surface area contributed by atoms with Crippen molar-refractivity contribution in [2.75, 3.05) is 11.9 Å². The van der Waals surface area contributed by atoms with Crippen LogP contribution in [0, 0.1) is 6.92 Å². The summed E-state index contributed by atoms with van der Waals surface area (Å²) in [6, 6.07) is 6.26. The first-order valence-electron chi connectivity index (χ1n) is 6.57. The van der Waals surface area contributed by atoms with Gasteiger partial charge in [0.2, 0.25) is 0 Å². The molecule has 0 radical (unpaired) electrons. The molecule has 4 nitrogen and oxygen atoms in total. The Balaban J connectivity index is 1.96. The van der Waals surface area contributed by atoms with Crippen LogP contribution in [0.3, 0.4) is 0 Å². The van der Waals surface area contributed by atoms with E-state index in [2.05, 4.69) is 5.32 Å². The molecule has 24 heavy (non-hydrogen) atoms. The molecule has 0 bridgehead atoms. The van der Waals surface area contributed by atoms with Crippen molar-refractivity contribution in [3.05, 3.63) is 50.7 Å². The van der Waals surface area contributed by atoms with Crippen molar-refractivity contribution in [3.8, 4) is 0 Å². The number of esters is 1. The largest absolute Gasteiger partial charge is 0.451 e. The normalized spacial score (nSPS) is 11.2. The van der Waals surface area contributed by atoms with Gasteiger partial charge in [0.1, 0.15) is 4.88 Å². The highest BCUT2D eigenvalue weighted by Gasteiger charge is 2.33. The Kier molecular flexibility index (Phi) is 5.51. The van der Waals surface area contributed by atoms with Crippen LogP contribution in [0.25, 0.3) is 0 Å². The summed E-state index contributed by atoms with van der Waals surface area (Å²) in [5, 5.41) is 1.75. The number of carbonyl (C=O) groups is 2. The van der Waals surface area contributed by atoms with Gasteiger partial charge in [-0.25, -0.2) is 4.79 Å². The van der Waals surface area contributed by atoms with Crippen LogP contribution in [0.15, 0.2) is 30.3 Å². The van der Waals surface area contributed by atoms with Gasteiger partial charge in [-0.2, -0.15) is 13.2 Å². The molecule has 0 aliphatic carbocycles. The second-order valence-corrected chi connectivity index (χ2v) is 6.42. The fourth-order valence-electron chi connectivity index (χ4n) is 1.76. The summed E-state index contributed by atoms with van der Waals surface area (Å²) in [5.41, 5.74) is -1.16. The molecule has 1 aromatic heterocycles. The van der Waals surface area contributed by atoms with E-state index in [0.717, 1.165) is 10.9 Å². The van der Waals surface area contributed by atoms with E-state index in [1.807, 2.05) is 6.92 Å². The number of rotatable bonds is 4. The molecule has 0 saturated heterocycles. The second kappa shape index (κ2) is 7.23. The van der Waals surface area contributed by atoms with Crippen molar-refractivity contribution < 1.29 is 27.5 Å². The van der Waals surface area contributed by atoms with Gasteiger partial charge in [-0.05, 0) is 37.3 Å². The van der Waals surface area contributed by atoms with Gasteiger partial charge in [0.15, 0.2) is 6.61 Å². The number of thiophene rings is 1. The lowest BCUT2D eigenvalue weighted by molar-refractivity contribution is -0.137. The monoisotopic (exact) mass is 377 g/mol. The number of halogens is 4. The number of nitrogens with one attached hydrogen (secondary N) is 1. The van der Waals surface area contributed by atoms with Crippen LogP contribution in [0.2, 0.25) is 5.02 Å². The van der Waals surface area contributed by atoms with Gasteiger partial charge in [0.25, 0.3) is 5.91 Å². The van der Waals surface area contributed by atoms with Crippen LogP contribution in [0.4, 0.5) is 18.9 Å². The third-order valence-electron chi connectivity index (χ3n) is 2.83. The number of amides is 1. The summed E-state index contributed by atoms with van der Waals surface area (Å²) in [4.78, 5) is 24.6. The molecular weight excluding hydrogens is 367 g/mol. The van der Waals surface area contributed by atoms with E-state index < -0.39 is 35.2 Å². The molecule has 2 aromatic rings. The first kappa shape index (κ1) is 18.3. The highest BCUT2D eigenvalue weighted by molar-refractivity contribution is 7.13. The van der Waals surface area contributed by atoms with E-state index in [0.29, 0.717) is 10.9 Å². The fourth-order valence-corrected chi connectivity index (χ4v) is 2.75. The molecule has 9 heteroatoms. The summed E-state index contributed by atoms with van der Waals surface area (Å²) in [7, 11) is 0. The van der Waals surface area contributed by atoms with E-state index in [1.54, 1.807) is 12.1 Å². The number of benzene rings is 1. The zero-order chi connectivity index (χ0) is 17.9. The third-order valence-corrected chi connectivity index (χ3v) is 4.14. The molecule has 0 aliphatic rings. The van der Waals surface area contributed by atoms with Gasteiger partial charge in [-0.1, -0.05) is 11.6 Å². The third kappa shape index (κ3) is 4.72. The first-order valence-corrected chi connectivity index (χ1v) is 7.76. The van der Waals surface area contributed by atoms with Gasteiger partial charge in [0.05, 0.1) is 10.6 Å². The van der Waals surface area contributed by atoms with Crippen molar-refractivity contribution in [1.82, 2.24) is 0 Å². The number of hydrogen-bond acceptors (Lipinski definition) is 4. The highest BCUT2D eigenvalue weighted by Crippen LogP contribution is 2.36. The van der Waals surface area contributed by atoms with E-state index in [9.17, 15) is 22.8 Å². The quantitative estimate of drug-likeness (QED) is 0.797. The van der Waals surface area contributed by atoms with Crippen LogP contribution in [-0.2, 0) is 15.7 Å². The lowest BCUT2D eigenvalue weighted by atomic mass is 10.2. The predicted molar refractivity (Wildman–Crippen MR) is 84.4 cm³/mol. The lowest BCUT2D eigenvalue weighted by Gasteiger charge is -2.11. The standard InChI is InChI=1S/C15H11ClF3NO3S/c1-8-2-5-12(24-8)14(22)23-7-13(21)20-9-3-4-11(16)10(6-9)15(17,18)19/h2-6H,7H2,1H3,(H,20,21). The molecule has 0 fully saturated rings. The molecule has 1 aromatic carbocycles. The summed E-state index contributed by atoms with van der Waals surface area (Å²) in [6.07, 6.45) is -4.64. The second-order valence-electron chi connectivity index (χ2n) is 4.73. The van der Waals surface area contributed by atoms with E-state index >= 15 is 0 Å². The molecule has 2 rings (SSSR count). The topological polar surface area (TPSA) is 55.4 Å². The van der Waals surface area contributed by atoms with Crippen molar-refractivity contribution in [2.24, 2.45) is 0 Å². The Hall–Kier alpha value is -2.06. The van der Waals surface area contributed by atoms with E-state index in [-0.39, 0.29) is 5.69 Å². The zero-order valence-corrected chi connectivity index (χ0v) is 13.8. The number of hydrogen-bond donors (Lipinski definition) is 1. The zero-order valence-electron chi connectivity index (χ0n) is 12.2. The van der Waals surface area contributed by atoms with Crippen LogP contribution in [0.5, 0.6) is 0 Å². The van der Waals surface area contributed by atoms with E-state index in [1.165, 1.54) is 17.4 Å². The Bertz CT molecular complexity index is 774. The summed E-state index contributed by atoms with van der Waals surface area (Å²) in [5.74, 6) is -1.43. The Morgan fingerprint density at radius 1 is 1.25 bits per heavy atom. The molecule has 1 amide bonds. The lowest BCUT2D eigenvalue weighted by Crippen LogP contribution is -2.21. The van der Waals surface area contributed by atoms with Crippen molar-refractivity contribution in [1.29, 1.82) is 0 Å². The van der Waals surface area contributed by atoms with Crippen LogP contribution in [-0.4, -0.2) is 18.5 Å². The van der Waals surface area contributed by atoms with Crippen molar-refractivity contribution in [2.45, 2.75) is 13.1 Å². The molecule has 0 saturated carbocycles. The van der Waals surface area contributed by atoms with Gasteiger partial charge < -0.3 is 10.1 Å². The van der Waals surface area contributed by atoms with Gasteiger partial charge in [-0.3, -0.25) is 4.79 Å². The molecule has 1 N–H and O–H groups in total. The summed E-state index contributed by atoms with van der Waals surface area (Å²) in [6.45, 7) is 1.20. The molecule has 128 valence electrons. The van der Waals surface area contributed by atoms with Crippen LogP contribution in [0.1, 0.15) is 20.1 Å². The first-order chi connectivity index (χ1) is 11.2. The maximum Gasteiger partial charge on any atom is 0.417 e. The number of ether oxygens (including phenoxy) is 1. The maximum absolute atomic E-state index is 12.7. The summed E-state index contributed by atoms with van der Waals surface area (Å²) >= 11 is 6.70. The minimum Gasteiger partial charge on any atom is -0.451 e. The number of alkyl halides is 3. The molecular formula is C15H11ClF3NO3S. The molecule has 0 atom stereocenters. The Morgan fingerprint density at radius 3 is 2.54 bits per heavy atom. The average Bonchev–Trinajstić information content (AvgIpc) is 2.92. The van der Waals surface area contributed by atoms with Crippen molar-refractivity contribution >= 4 is 40.5 Å². The maximum atomic E-state index is 12.7. The fraction of sp³-hybridized carbons (Fsp3) is 0.200. The molecule has 1 heterocycles. The van der Waals surface area contributed by atoms with Crippen molar-refractivity contribution in [3.63, 3.8) is 0 Å². The highest BCUT2D eigenvalue weighted by atomic mass is 35.5. The number of anilines is 1. The summed E-state index contributed by atoms with van der Waals surface area (Å²) < 4.78 is 43.0. The minimum atomic E-state index is -4.64. The SMILES string of the molecule is Cc1ccc(C(=O)OCC(=O)Nc2ccc(Cl)c(C(F)(F)F)c2)s1. The average molecular weight is 378 g/mol. The van der Waals surface area contributed by atoms with Gasteiger partial charge >= 0.3 is 12.1 Å². The predicted octanol–water partition coefficient (Wildman–Crippen LogP) is 4.52. The Morgan fingerprint density at radius 2 is 1.96 bits per heavy atom. The smallest absolute Gasteiger partial charge is 0.417 e. The molecule has 0 aliphatic heterocycles. The van der Waals surface area contributed by atoms with Crippen LogP contribution >= 0.6 is 22.9 Å². The van der Waals surface area contributed by atoms with Gasteiger partial charge in [-0.15, -0.1) is 11.3 Å². The number of aryl methyl sites for hydroxylation is 1. The number of carbonyl (C=O) groups excluding carboxylic acids is 2. The van der Waals surface area contributed by atoms with Crippen LogP contribution < -0.4 is 5.32 Å². The van der Waals surface area contributed by atoms with Gasteiger partial charge in [0, 0.05) is 10.6 Å². The molecule has 0 unspecified atom stereocenters. The molecule has 0 spiro atoms. The van der Waals surface area contributed by atoms with E-state index in [4.69, 9.17) is 16.3 Å². The minimum absolute atomic E-state index is 0.0975.